The van der Waals surface area contributed by atoms with E-state index in [-0.39, 0.29) is 6.71 Å². The largest absolute Gasteiger partial charge is 0.311 e. The maximum Gasteiger partial charge on any atom is 0.252 e. The highest BCUT2D eigenvalue weighted by atomic mass is 28.3. The minimum atomic E-state index is -1.65. The van der Waals surface area contributed by atoms with Crippen molar-refractivity contribution in [2.75, 3.05) is 9.80 Å². The highest BCUT2D eigenvalue weighted by Gasteiger charge is 2.44. The van der Waals surface area contributed by atoms with E-state index in [1.165, 1.54) is 83.1 Å². The summed E-state index contributed by atoms with van der Waals surface area (Å²) in [6, 6.07) is 61.5. The molecule has 0 spiro atoms. The van der Waals surface area contributed by atoms with Gasteiger partial charge in [0, 0.05) is 33.9 Å². The molecule has 0 saturated carbocycles. The highest BCUT2D eigenvalue weighted by Crippen LogP contribution is 2.47. The fourth-order valence-electron chi connectivity index (χ4n) is 8.46. The maximum absolute atomic E-state index is 2.59. The molecule has 0 N–H and O–H groups in total. The van der Waals surface area contributed by atoms with Crippen molar-refractivity contribution in [2.45, 2.75) is 39.3 Å². The second-order valence-electron chi connectivity index (χ2n) is 16.6. The van der Waals surface area contributed by atoms with E-state index in [9.17, 15) is 0 Å². The molecule has 2 heterocycles. The lowest BCUT2D eigenvalue weighted by Crippen LogP contribution is -2.63. The van der Waals surface area contributed by atoms with Crippen LogP contribution >= 0.6 is 0 Å². The Hall–Kier alpha value is -5.36. The van der Waals surface area contributed by atoms with Crippen LogP contribution in [0.1, 0.15) is 0 Å². The molecule has 0 amide bonds. The van der Waals surface area contributed by atoms with Crippen LogP contribution in [-0.2, 0) is 0 Å². The first-order valence-electron chi connectivity index (χ1n) is 18.9. The lowest BCUT2D eigenvalue weighted by Gasteiger charge is -2.45. The number of fused-ring (bicyclic) bond motifs is 4. The molecule has 0 fully saturated rings. The number of para-hydroxylation sites is 2. The molecular formula is C48H45BN2Si2. The Morgan fingerprint density at radius 2 is 0.736 bits per heavy atom. The minimum Gasteiger partial charge on any atom is -0.311 e. The SMILES string of the molecule is C[Si](C)(C)c1ccc2c(c1)B1c3cc([Si](C)(C)C)ccc3N(c3ccccc3-c3ccccc3)c3cccc(c31)N2c1ccccc1-c1ccccc1. The molecule has 7 aromatic carbocycles. The third-order valence-corrected chi connectivity index (χ3v) is 15.3. The monoisotopic (exact) mass is 716 g/mol. The Balaban J connectivity index is 1.39. The van der Waals surface area contributed by atoms with Crippen molar-refractivity contribution in [3.8, 4) is 22.3 Å². The second kappa shape index (κ2) is 12.6. The van der Waals surface area contributed by atoms with Crippen molar-refractivity contribution in [1.29, 1.82) is 0 Å². The van der Waals surface area contributed by atoms with Crippen LogP contribution in [0.4, 0.5) is 34.1 Å². The van der Waals surface area contributed by atoms with E-state index < -0.39 is 16.1 Å². The van der Waals surface area contributed by atoms with E-state index in [1.54, 1.807) is 0 Å². The van der Waals surface area contributed by atoms with Gasteiger partial charge in [0.25, 0.3) is 6.71 Å². The number of rotatable bonds is 6. The quantitative estimate of drug-likeness (QED) is 0.158. The van der Waals surface area contributed by atoms with Gasteiger partial charge in [0.05, 0.1) is 27.5 Å². The Morgan fingerprint density at radius 1 is 0.358 bits per heavy atom. The standard InChI is InChI=1S/C48H45BN2Si2/c1-52(2,3)36-28-30-44-40(32-36)49-41-33-37(53(4,5)6)29-31-45(41)51(43-25-16-14-23-39(43)35-20-11-8-12-21-35)47-27-17-26-46(48(47)49)50(44)42-24-15-13-22-38(42)34-18-9-7-10-19-34/h7-33H,1-6H3. The van der Waals surface area contributed by atoms with Gasteiger partial charge in [-0.15, -0.1) is 0 Å². The summed E-state index contributed by atoms with van der Waals surface area (Å²) in [4.78, 5) is 5.13. The maximum atomic E-state index is 2.59. The molecule has 2 aliphatic rings. The average Bonchev–Trinajstić information content (AvgIpc) is 3.17. The van der Waals surface area contributed by atoms with Crippen LogP contribution in [0.3, 0.4) is 0 Å². The van der Waals surface area contributed by atoms with E-state index >= 15 is 0 Å². The first-order valence-corrected chi connectivity index (χ1v) is 25.9. The first-order chi connectivity index (χ1) is 25.6. The highest BCUT2D eigenvalue weighted by molar-refractivity contribution is 7.01. The first kappa shape index (κ1) is 33.5. The zero-order chi connectivity index (χ0) is 36.5. The van der Waals surface area contributed by atoms with Crippen LogP contribution < -0.4 is 36.6 Å². The van der Waals surface area contributed by atoms with Crippen molar-refractivity contribution in [3.63, 3.8) is 0 Å². The normalized spacial score (nSPS) is 13.4. The molecule has 0 radical (unpaired) electrons. The third kappa shape index (κ3) is 5.62. The Labute approximate surface area is 317 Å². The van der Waals surface area contributed by atoms with E-state index in [1.807, 2.05) is 0 Å². The van der Waals surface area contributed by atoms with Crippen molar-refractivity contribution in [2.24, 2.45) is 0 Å². The molecule has 0 unspecified atom stereocenters. The zero-order valence-corrected chi connectivity index (χ0v) is 33.6. The molecule has 0 aromatic heterocycles. The van der Waals surface area contributed by atoms with Gasteiger partial charge in [-0.25, -0.2) is 0 Å². The summed E-state index contributed by atoms with van der Waals surface area (Å²) < 4.78 is 0. The predicted molar refractivity (Wildman–Crippen MR) is 237 cm³/mol. The van der Waals surface area contributed by atoms with Crippen LogP contribution in [-0.4, -0.2) is 22.9 Å². The van der Waals surface area contributed by atoms with Gasteiger partial charge in [0.15, 0.2) is 0 Å². The van der Waals surface area contributed by atoms with Crippen LogP contribution in [0.15, 0.2) is 164 Å². The number of nitrogens with zero attached hydrogens (tertiary/aromatic N) is 2. The summed E-state index contributed by atoms with van der Waals surface area (Å²) in [5.41, 5.74) is 16.5. The van der Waals surface area contributed by atoms with Crippen molar-refractivity contribution < 1.29 is 0 Å². The van der Waals surface area contributed by atoms with E-state index in [0.717, 1.165) is 0 Å². The fraction of sp³-hybridized carbons (Fsp3) is 0.125. The minimum absolute atomic E-state index is 0.0964. The summed E-state index contributed by atoms with van der Waals surface area (Å²) in [5, 5.41) is 2.99. The summed E-state index contributed by atoms with van der Waals surface area (Å²) in [7, 11) is -3.31. The van der Waals surface area contributed by atoms with E-state index in [4.69, 9.17) is 0 Å². The van der Waals surface area contributed by atoms with Crippen molar-refractivity contribution >= 4 is 83.7 Å². The lowest BCUT2D eigenvalue weighted by atomic mass is 9.33. The summed E-state index contributed by atoms with van der Waals surface area (Å²) in [6.07, 6.45) is 0. The van der Waals surface area contributed by atoms with E-state index in [2.05, 4.69) is 213 Å². The third-order valence-electron chi connectivity index (χ3n) is 11.2. The molecule has 7 aromatic rings. The van der Waals surface area contributed by atoms with Crippen LogP contribution in [0.25, 0.3) is 22.3 Å². The van der Waals surface area contributed by atoms with Crippen molar-refractivity contribution in [3.05, 3.63) is 164 Å². The molecule has 2 nitrogen and oxygen atoms in total. The second-order valence-corrected chi connectivity index (χ2v) is 26.8. The molecule has 258 valence electrons. The number of hydrogen-bond acceptors (Lipinski definition) is 2. The summed E-state index contributed by atoms with van der Waals surface area (Å²) >= 11 is 0. The molecule has 0 saturated heterocycles. The molecule has 9 rings (SSSR count). The molecular weight excluding hydrogens is 672 g/mol. The van der Waals surface area contributed by atoms with Crippen LogP contribution in [0, 0.1) is 0 Å². The van der Waals surface area contributed by atoms with Gasteiger partial charge < -0.3 is 9.80 Å². The van der Waals surface area contributed by atoms with Gasteiger partial charge in [-0.2, -0.15) is 0 Å². The Bertz CT molecular complexity index is 2330. The smallest absolute Gasteiger partial charge is 0.252 e. The number of benzene rings is 7. The van der Waals surface area contributed by atoms with E-state index in [0.29, 0.717) is 0 Å². The number of hydrogen-bond donors (Lipinski definition) is 0. The van der Waals surface area contributed by atoms with Gasteiger partial charge in [-0.05, 0) is 63.9 Å². The average molecular weight is 717 g/mol. The molecule has 0 aliphatic carbocycles. The molecule has 5 heteroatoms. The summed E-state index contributed by atoms with van der Waals surface area (Å²) in [5.74, 6) is 0. The summed E-state index contributed by atoms with van der Waals surface area (Å²) in [6.45, 7) is 14.9. The molecule has 2 aliphatic heterocycles. The van der Waals surface area contributed by atoms with Gasteiger partial charge in [0.1, 0.15) is 0 Å². The topological polar surface area (TPSA) is 6.48 Å². The van der Waals surface area contributed by atoms with Gasteiger partial charge >= 0.3 is 0 Å². The lowest BCUT2D eigenvalue weighted by molar-refractivity contribution is 1.25. The molecule has 0 bridgehead atoms. The number of anilines is 6. The van der Waals surface area contributed by atoms with Crippen LogP contribution in [0.5, 0.6) is 0 Å². The zero-order valence-electron chi connectivity index (χ0n) is 31.6. The fourth-order valence-corrected chi connectivity index (χ4v) is 10.8. The predicted octanol–water partition coefficient (Wildman–Crippen LogP) is 10.2. The molecule has 53 heavy (non-hydrogen) atoms. The Morgan fingerprint density at radius 3 is 1.15 bits per heavy atom. The Kier molecular flexibility index (Phi) is 7.99. The molecule has 0 atom stereocenters. The van der Waals surface area contributed by atoms with Crippen LogP contribution in [0.2, 0.25) is 39.3 Å². The van der Waals surface area contributed by atoms with Gasteiger partial charge in [-0.1, -0.05) is 177 Å². The van der Waals surface area contributed by atoms with Gasteiger partial charge in [-0.3, -0.25) is 0 Å². The van der Waals surface area contributed by atoms with Crippen molar-refractivity contribution in [1.82, 2.24) is 0 Å². The van der Waals surface area contributed by atoms with Gasteiger partial charge in [0.2, 0.25) is 0 Å².